The standard InChI is InChI=1S/C19H29N3O2/c1-24-18-10-8-16(9-11-18)20-19(23)22-14-12-21(13-15-22)17-6-4-2-3-5-7-17/h8-11,17H,2-7,12-15H2,1H3,(H,20,23). The Kier molecular flexibility index (Phi) is 5.96. The summed E-state index contributed by atoms with van der Waals surface area (Å²) in [5, 5.41) is 2.98. The van der Waals surface area contributed by atoms with Gasteiger partial charge in [-0.15, -0.1) is 0 Å². The molecular weight excluding hydrogens is 302 g/mol. The number of anilines is 1. The van der Waals surface area contributed by atoms with Gasteiger partial charge in [0.15, 0.2) is 0 Å². The number of carbonyl (C=O) groups is 1. The topological polar surface area (TPSA) is 44.8 Å². The number of ether oxygens (including phenoxy) is 1. The molecule has 2 aliphatic rings. The molecule has 0 bridgehead atoms. The lowest BCUT2D eigenvalue weighted by Crippen LogP contribution is -2.52. The molecule has 1 aliphatic heterocycles. The minimum absolute atomic E-state index is 0.000633. The van der Waals surface area contributed by atoms with Gasteiger partial charge in [0.25, 0.3) is 0 Å². The average Bonchev–Trinajstić information content (AvgIpc) is 2.92. The molecule has 0 radical (unpaired) electrons. The van der Waals surface area contributed by atoms with Crippen LogP contribution in [0.2, 0.25) is 0 Å². The molecule has 1 aliphatic carbocycles. The maximum atomic E-state index is 12.4. The summed E-state index contributed by atoms with van der Waals surface area (Å²) < 4.78 is 5.14. The van der Waals surface area contributed by atoms with E-state index in [4.69, 9.17) is 4.74 Å². The van der Waals surface area contributed by atoms with E-state index >= 15 is 0 Å². The number of urea groups is 1. The van der Waals surface area contributed by atoms with Crippen molar-refractivity contribution in [3.05, 3.63) is 24.3 Å². The van der Waals surface area contributed by atoms with E-state index < -0.39 is 0 Å². The zero-order chi connectivity index (χ0) is 16.8. The first kappa shape index (κ1) is 17.1. The highest BCUT2D eigenvalue weighted by atomic mass is 16.5. The van der Waals surface area contributed by atoms with Crippen LogP contribution in [0.15, 0.2) is 24.3 Å². The van der Waals surface area contributed by atoms with Crippen LogP contribution in [0.3, 0.4) is 0 Å². The monoisotopic (exact) mass is 331 g/mol. The average molecular weight is 331 g/mol. The van der Waals surface area contributed by atoms with Gasteiger partial charge in [0.2, 0.25) is 0 Å². The Balaban J connectivity index is 1.47. The molecule has 3 rings (SSSR count). The van der Waals surface area contributed by atoms with Crippen LogP contribution in [-0.4, -0.2) is 55.2 Å². The van der Waals surface area contributed by atoms with Crippen molar-refractivity contribution in [2.45, 2.75) is 44.6 Å². The third kappa shape index (κ3) is 4.41. The van der Waals surface area contributed by atoms with Crippen LogP contribution in [0.5, 0.6) is 5.75 Å². The van der Waals surface area contributed by atoms with E-state index in [9.17, 15) is 4.79 Å². The molecule has 132 valence electrons. The molecule has 0 aromatic heterocycles. The molecule has 1 saturated heterocycles. The third-order valence-electron chi connectivity index (χ3n) is 5.28. The molecule has 0 unspecified atom stereocenters. The van der Waals surface area contributed by atoms with Crippen molar-refractivity contribution in [1.29, 1.82) is 0 Å². The highest BCUT2D eigenvalue weighted by Gasteiger charge is 2.26. The van der Waals surface area contributed by atoms with Gasteiger partial charge in [0, 0.05) is 37.9 Å². The van der Waals surface area contributed by atoms with Crippen molar-refractivity contribution in [2.24, 2.45) is 0 Å². The number of rotatable bonds is 3. The van der Waals surface area contributed by atoms with Gasteiger partial charge in [-0.1, -0.05) is 25.7 Å². The van der Waals surface area contributed by atoms with Crippen molar-refractivity contribution < 1.29 is 9.53 Å². The second-order valence-corrected chi connectivity index (χ2v) is 6.83. The summed E-state index contributed by atoms with van der Waals surface area (Å²) in [5.74, 6) is 0.796. The lowest BCUT2D eigenvalue weighted by Gasteiger charge is -2.39. The minimum atomic E-state index is 0.000633. The maximum absolute atomic E-state index is 12.4. The predicted molar refractivity (Wildman–Crippen MR) is 96.6 cm³/mol. The number of nitrogens with zero attached hydrogens (tertiary/aromatic N) is 2. The van der Waals surface area contributed by atoms with E-state index in [-0.39, 0.29) is 6.03 Å². The summed E-state index contributed by atoms with van der Waals surface area (Å²) in [4.78, 5) is 17.0. The van der Waals surface area contributed by atoms with E-state index in [1.54, 1.807) is 7.11 Å². The van der Waals surface area contributed by atoms with Crippen LogP contribution in [0.25, 0.3) is 0 Å². The van der Waals surface area contributed by atoms with Crippen LogP contribution in [-0.2, 0) is 0 Å². The molecule has 0 spiro atoms. The number of amides is 2. The smallest absolute Gasteiger partial charge is 0.321 e. The molecule has 1 N–H and O–H groups in total. The number of carbonyl (C=O) groups excluding carboxylic acids is 1. The van der Waals surface area contributed by atoms with E-state index in [0.717, 1.165) is 43.7 Å². The lowest BCUT2D eigenvalue weighted by atomic mass is 10.1. The number of nitrogens with one attached hydrogen (secondary N) is 1. The van der Waals surface area contributed by atoms with Gasteiger partial charge in [-0.05, 0) is 37.1 Å². The van der Waals surface area contributed by atoms with Crippen molar-refractivity contribution in [3.63, 3.8) is 0 Å². The molecule has 0 atom stereocenters. The van der Waals surface area contributed by atoms with Crippen molar-refractivity contribution in [1.82, 2.24) is 9.80 Å². The summed E-state index contributed by atoms with van der Waals surface area (Å²) in [5.41, 5.74) is 0.812. The SMILES string of the molecule is COc1ccc(NC(=O)N2CCN(C3CCCCCC3)CC2)cc1. The minimum Gasteiger partial charge on any atom is -0.497 e. The van der Waals surface area contributed by atoms with Gasteiger partial charge < -0.3 is 15.0 Å². The first-order valence-corrected chi connectivity index (χ1v) is 9.20. The second-order valence-electron chi connectivity index (χ2n) is 6.83. The summed E-state index contributed by atoms with van der Waals surface area (Å²) in [6.07, 6.45) is 8.17. The van der Waals surface area contributed by atoms with E-state index in [2.05, 4.69) is 10.2 Å². The molecule has 2 amide bonds. The Morgan fingerprint density at radius 1 is 1.00 bits per heavy atom. The fraction of sp³-hybridized carbons (Fsp3) is 0.632. The second kappa shape index (κ2) is 8.38. The fourth-order valence-electron chi connectivity index (χ4n) is 3.79. The number of piperazine rings is 1. The first-order chi connectivity index (χ1) is 11.8. The number of methoxy groups -OCH3 is 1. The zero-order valence-electron chi connectivity index (χ0n) is 14.7. The Morgan fingerprint density at radius 2 is 1.62 bits per heavy atom. The summed E-state index contributed by atoms with van der Waals surface area (Å²) in [6.45, 7) is 3.64. The van der Waals surface area contributed by atoms with Crippen LogP contribution in [0.4, 0.5) is 10.5 Å². The number of hydrogen-bond donors (Lipinski definition) is 1. The maximum Gasteiger partial charge on any atom is 0.321 e. The fourth-order valence-corrected chi connectivity index (χ4v) is 3.79. The van der Waals surface area contributed by atoms with E-state index in [1.807, 2.05) is 29.2 Å². The zero-order valence-corrected chi connectivity index (χ0v) is 14.7. The quantitative estimate of drug-likeness (QED) is 0.861. The molecule has 2 fully saturated rings. The lowest BCUT2D eigenvalue weighted by molar-refractivity contribution is 0.105. The summed E-state index contributed by atoms with van der Waals surface area (Å²) >= 11 is 0. The van der Waals surface area contributed by atoms with Crippen molar-refractivity contribution in [2.75, 3.05) is 38.6 Å². The number of benzene rings is 1. The van der Waals surface area contributed by atoms with Crippen LogP contribution >= 0.6 is 0 Å². The van der Waals surface area contributed by atoms with E-state index in [1.165, 1.54) is 38.5 Å². The predicted octanol–water partition coefficient (Wildman–Crippen LogP) is 3.57. The van der Waals surface area contributed by atoms with Gasteiger partial charge in [0.1, 0.15) is 5.75 Å². The van der Waals surface area contributed by atoms with Crippen molar-refractivity contribution in [3.8, 4) is 5.75 Å². The Labute approximate surface area is 145 Å². The molecule has 5 heteroatoms. The van der Waals surface area contributed by atoms with E-state index in [0.29, 0.717) is 0 Å². The molecule has 1 aromatic carbocycles. The highest BCUT2D eigenvalue weighted by molar-refractivity contribution is 5.89. The third-order valence-corrected chi connectivity index (χ3v) is 5.28. The first-order valence-electron chi connectivity index (χ1n) is 9.20. The summed E-state index contributed by atoms with van der Waals surface area (Å²) in [7, 11) is 1.64. The van der Waals surface area contributed by atoms with Crippen LogP contribution in [0.1, 0.15) is 38.5 Å². The molecule has 1 saturated carbocycles. The summed E-state index contributed by atoms with van der Waals surface area (Å²) in [6, 6.07) is 8.20. The Morgan fingerprint density at radius 3 is 2.21 bits per heavy atom. The van der Waals surface area contributed by atoms with Gasteiger partial charge in [-0.2, -0.15) is 0 Å². The molecule has 1 heterocycles. The Bertz CT molecular complexity index is 516. The van der Waals surface area contributed by atoms with Gasteiger partial charge in [-0.25, -0.2) is 4.79 Å². The van der Waals surface area contributed by atoms with Crippen LogP contribution in [0, 0.1) is 0 Å². The Hall–Kier alpha value is -1.75. The highest BCUT2D eigenvalue weighted by Crippen LogP contribution is 2.23. The molecule has 24 heavy (non-hydrogen) atoms. The molecule has 1 aromatic rings. The largest absolute Gasteiger partial charge is 0.497 e. The molecule has 5 nitrogen and oxygen atoms in total. The van der Waals surface area contributed by atoms with Crippen LogP contribution < -0.4 is 10.1 Å². The van der Waals surface area contributed by atoms with Gasteiger partial charge >= 0.3 is 6.03 Å². The number of hydrogen-bond acceptors (Lipinski definition) is 3. The normalized spacial score (nSPS) is 20.5. The van der Waals surface area contributed by atoms with Crippen molar-refractivity contribution >= 4 is 11.7 Å². The molecular formula is C19H29N3O2. The van der Waals surface area contributed by atoms with Gasteiger partial charge in [0.05, 0.1) is 7.11 Å². The van der Waals surface area contributed by atoms with Gasteiger partial charge in [-0.3, -0.25) is 4.90 Å².